The van der Waals surface area contributed by atoms with Gasteiger partial charge in [0.05, 0.1) is 0 Å². The molecule has 4 nitrogen and oxygen atoms in total. The smallest absolute Gasteiger partial charge is 0.251 e. The fourth-order valence-corrected chi connectivity index (χ4v) is 2.95. The molecule has 1 saturated carbocycles. The number of aliphatic hydroxyl groups excluding tert-OH is 1. The fraction of sp³-hybridized carbons (Fsp3) is 0.462. The maximum atomic E-state index is 12.1. The molecule has 2 rings (SSSR count). The van der Waals surface area contributed by atoms with Crippen molar-refractivity contribution in [3.63, 3.8) is 0 Å². The van der Waals surface area contributed by atoms with Crippen LogP contribution in [0.1, 0.15) is 29.6 Å². The number of carbonyl (C=O) groups excluding carboxylic acids is 1. The standard InChI is InChI=1S/C13H17BrN2O2/c14-10-4-9(5-11(15)6-10)13(18)16-12-3-1-2-8(12)7-17/h4-6,8,12,17H,1-3,7,15H2,(H,16,18). The Bertz CT molecular complexity index is 430. The Morgan fingerprint density at radius 1 is 1.44 bits per heavy atom. The van der Waals surface area contributed by atoms with E-state index in [4.69, 9.17) is 5.73 Å². The van der Waals surface area contributed by atoms with Crippen molar-refractivity contribution in [2.24, 2.45) is 5.92 Å². The van der Waals surface area contributed by atoms with Gasteiger partial charge >= 0.3 is 0 Å². The molecule has 1 aliphatic rings. The monoisotopic (exact) mass is 312 g/mol. The number of hydrogen-bond donors (Lipinski definition) is 3. The molecule has 0 radical (unpaired) electrons. The molecular weight excluding hydrogens is 296 g/mol. The number of anilines is 1. The summed E-state index contributed by atoms with van der Waals surface area (Å²) >= 11 is 3.32. The Morgan fingerprint density at radius 2 is 2.22 bits per heavy atom. The third-order valence-electron chi connectivity index (χ3n) is 3.39. The van der Waals surface area contributed by atoms with Crippen molar-refractivity contribution in [2.75, 3.05) is 12.3 Å². The summed E-state index contributed by atoms with van der Waals surface area (Å²) in [4.78, 5) is 12.1. The minimum absolute atomic E-state index is 0.0720. The molecule has 2 atom stereocenters. The highest BCUT2D eigenvalue weighted by atomic mass is 79.9. The van der Waals surface area contributed by atoms with Crippen LogP contribution in [-0.4, -0.2) is 23.7 Å². The van der Waals surface area contributed by atoms with Gasteiger partial charge in [0.1, 0.15) is 0 Å². The van der Waals surface area contributed by atoms with Gasteiger partial charge in [-0.15, -0.1) is 0 Å². The minimum Gasteiger partial charge on any atom is -0.399 e. The van der Waals surface area contributed by atoms with Crippen LogP contribution in [0, 0.1) is 5.92 Å². The average molecular weight is 313 g/mol. The quantitative estimate of drug-likeness (QED) is 0.746. The largest absolute Gasteiger partial charge is 0.399 e. The lowest BCUT2D eigenvalue weighted by Gasteiger charge is -2.19. The number of aliphatic hydroxyl groups is 1. The second-order valence-electron chi connectivity index (χ2n) is 4.73. The van der Waals surface area contributed by atoms with Gasteiger partial charge in [-0.3, -0.25) is 4.79 Å². The summed E-state index contributed by atoms with van der Waals surface area (Å²) in [5, 5.41) is 12.2. The van der Waals surface area contributed by atoms with Gasteiger partial charge in [0.2, 0.25) is 0 Å². The topological polar surface area (TPSA) is 75.4 Å². The van der Waals surface area contributed by atoms with E-state index in [-0.39, 0.29) is 24.5 Å². The Morgan fingerprint density at radius 3 is 2.89 bits per heavy atom. The van der Waals surface area contributed by atoms with Crippen molar-refractivity contribution in [2.45, 2.75) is 25.3 Å². The van der Waals surface area contributed by atoms with E-state index in [1.807, 2.05) is 0 Å². The van der Waals surface area contributed by atoms with Crippen LogP contribution in [0.3, 0.4) is 0 Å². The number of benzene rings is 1. The van der Waals surface area contributed by atoms with E-state index in [0.29, 0.717) is 11.3 Å². The number of rotatable bonds is 3. The zero-order valence-corrected chi connectivity index (χ0v) is 11.6. The van der Waals surface area contributed by atoms with Crippen LogP contribution in [-0.2, 0) is 0 Å². The summed E-state index contributed by atoms with van der Waals surface area (Å²) in [7, 11) is 0. The summed E-state index contributed by atoms with van der Waals surface area (Å²) in [6, 6.07) is 5.23. The number of hydrogen-bond acceptors (Lipinski definition) is 3. The van der Waals surface area contributed by atoms with Crippen LogP contribution >= 0.6 is 15.9 Å². The van der Waals surface area contributed by atoms with E-state index in [1.54, 1.807) is 18.2 Å². The molecule has 1 amide bonds. The molecule has 5 heteroatoms. The lowest BCUT2D eigenvalue weighted by Crippen LogP contribution is -2.38. The summed E-state index contributed by atoms with van der Waals surface area (Å²) in [5.41, 5.74) is 6.81. The van der Waals surface area contributed by atoms with E-state index >= 15 is 0 Å². The molecule has 1 aromatic rings. The second-order valence-corrected chi connectivity index (χ2v) is 5.64. The number of nitrogens with two attached hydrogens (primary N) is 1. The molecule has 1 fully saturated rings. The lowest BCUT2D eigenvalue weighted by molar-refractivity contribution is 0.0916. The van der Waals surface area contributed by atoms with E-state index < -0.39 is 0 Å². The Balaban J connectivity index is 2.07. The van der Waals surface area contributed by atoms with Gasteiger partial charge < -0.3 is 16.2 Å². The van der Waals surface area contributed by atoms with Gasteiger partial charge in [0.25, 0.3) is 5.91 Å². The molecule has 98 valence electrons. The van der Waals surface area contributed by atoms with Crippen molar-refractivity contribution >= 4 is 27.5 Å². The molecule has 0 bridgehead atoms. The lowest BCUT2D eigenvalue weighted by atomic mass is 10.0. The molecule has 0 spiro atoms. The summed E-state index contributed by atoms with van der Waals surface area (Å²) < 4.78 is 0.790. The molecule has 1 aliphatic carbocycles. The first kappa shape index (κ1) is 13.4. The highest BCUT2D eigenvalue weighted by Gasteiger charge is 2.28. The van der Waals surface area contributed by atoms with Crippen molar-refractivity contribution in [1.82, 2.24) is 5.32 Å². The molecule has 0 saturated heterocycles. The highest BCUT2D eigenvalue weighted by Crippen LogP contribution is 2.25. The predicted molar refractivity (Wildman–Crippen MR) is 74.2 cm³/mol. The van der Waals surface area contributed by atoms with Crippen LogP contribution in [0.5, 0.6) is 0 Å². The molecule has 0 aliphatic heterocycles. The van der Waals surface area contributed by atoms with Gasteiger partial charge in [-0.25, -0.2) is 0 Å². The Hall–Kier alpha value is -1.07. The highest BCUT2D eigenvalue weighted by molar-refractivity contribution is 9.10. The maximum absolute atomic E-state index is 12.1. The van der Waals surface area contributed by atoms with E-state index in [9.17, 15) is 9.90 Å². The van der Waals surface area contributed by atoms with E-state index in [1.165, 1.54) is 0 Å². The molecule has 2 unspecified atom stereocenters. The number of amides is 1. The number of nitrogens with one attached hydrogen (secondary N) is 1. The minimum atomic E-state index is -0.131. The van der Waals surface area contributed by atoms with Crippen LogP contribution in [0.4, 0.5) is 5.69 Å². The average Bonchev–Trinajstić information content (AvgIpc) is 2.75. The van der Waals surface area contributed by atoms with Gasteiger partial charge in [-0.05, 0) is 31.0 Å². The number of nitrogen functional groups attached to an aromatic ring is 1. The number of carbonyl (C=O) groups is 1. The zero-order valence-electron chi connectivity index (χ0n) is 10.0. The van der Waals surface area contributed by atoms with Crippen LogP contribution in [0.2, 0.25) is 0 Å². The molecule has 18 heavy (non-hydrogen) atoms. The van der Waals surface area contributed by atoms with Crippen molar-refractivity contribution in [1.29, 1.82) is 0 Å². The van der Waals surface area contributed by atoms with Gasteiger partial charge in [0, 0.05) is 34.3 Å². The normalized spacial score (nSPS) is 23.0. The van der Waals surface area contributed by atoms with Gasteiger partial charge in [0.15, 0.2) is 0 Å². The Kier molecular flexibility index (Phi) is 4.24. The van der Waals surface area contributed by atoms with E-state index in [0.717, 1.165) is 23.7 Å². The molecule has 0 aromatic heterocycles. The van der Waals surface area contributed by atoms with Crippen LogP contribution < -0.4 is 11.1 Å². The predicted octanol–water partition coefficient (Wildman–Crippen LogP) is 1.92. The molecule has 0 heterocycles. The van der Waals surface area contributed by atoms with Gasteiger partial charge in [-0.2, -0.15) is 0 Å². The van der Waals surface area contributed by atoms with Crippen LogP contribution in [0.25, 0.3) is 0 Å². The van der Waals surface area contributed by atoms with Crippen LogP contribution in [0.15, 0.2) is 22.7 Å². The maximum Gasteiger partial charge on any atom is 0.251 e. The summed E-state index contributed by atoms with van der Waals surface area (Å²) in [6.07, 6.45) is 2.96. The third kappa shape index (κ3) is 3.03. The first-order valence-corrected chi connectivity index (χ1v) is 6.87. The molecular formula is C13H17BrN2O2. The first-order valence-electron chi connectivity index (χ1n) is 6.08. The zero-order chi connectivity index (χ0) is 13.1. The molecule has 1 aromatic carbocycles. The summed E-state index contributed by atoms with van der Waals surface area (Å²) in [6.45, 7) is 0.131. The SMILES string of the molecule is Nc1cc(Br)cc(C(=O)NC2CCCC2CO)c1. The Labute approximate surface area is 115 Å². The van der Waals surface area contributed by atoms with Crippen molar-refractivity contribution in [3.05, 3.63) is 28.2 Å². The molecule has 4 N–H and O–H groups in total. The second kappa shape index (κ2) is 5.71. The van der Waals surface area contributed by atoms with E-state index in [2.05, 4.69) is 21.2 Å². The first-order chi connectivity index (χ1) is 8.60. The number of halogens is 1. The third-order valence-corrected chi connectivity index (χ3v) is 3.85. The fourth-order valence-electron chi connectivity index (χ4n) is 2.44. The van der Waals surface area contributed by atoms with Crippen molar-refractivity contribution < 1.29 is 9.90 Å². The van der Waals surface area contributed by atoms with Crippen molar-refractivity contribution in [3.8, 4) is 0 Å². The summed E-state index contributed by atoms with van der Waals surface area (Å²) in [5.74, 6) is 0.0480. The van der Waals surface area contributed by atoms with Gasteiger partial charge in [-0.1, -0.05) is 22.4 Å².